The number of nitrogens with one attached hydrogen (secondary N) is 1. The summed E-state index contributed by atoms with van der Waals surface area (Å²) in [6.07, 6.45) is 1.23. The smallest absolute Gasteiger partial charge is 0.0340 e. The van der Waals surface area contributed by atoms with Crippen LogP contribution in [0.3, 0.4) is 0 Å². The van der Waals surface area contributed by atoms with Gasteiger partial charge in [-0.1, -0.05) is 39.0 Å². The van der Waals surface area contributed by atoms with E-state index in [1.54, 1.807) is 0 Å². The molecule has 3 atom stereocenters. The van der Waals surface area contributed by atoms with E-state index in [0.717, 1.165) is 6.54 Å². The normalized spacial score (nSPS) is 31.4. The van der Waals surface area contributed by atoms with Gasteiger partial charge in [0, 0.05) is 18.3 Å². The molecule has 0 saturated heterocycles. The molecule has 1 saturated carbocycles. The Kier molecular flexibility index (Phi) is 3.43. The number of hydrogen-bond donors (Lipinski definition) is 2. The molecule has 17 heavy (non-hydrogen) atoms. The summed E-state index contributed by atoms with van der Waals surface area (Å²) < 4.78 is 0. The molecule has 3 unspecified atom stereocenters. The molecular weight excluding hydrogens is 208 g/mol. The Hall–Kier alpha value is -1.02. The van der Waals surface area contributed by atoms with Crippen LogP contribution in [0.2, 0.25) is 0 Å². The minimum absolute atomic E-state index is 0.321. The molecule has 1 aliphatic carbocycles. The highest BCUT2D eigenvalue weighted by atomic mass is 14.9. The van der Waals surface area contributed by atoms with Crippen LogP contribution in [0.15, 0.2) is 30.3 Å². The highest BCUT2D eigenvalue weighted by Gasteiger charge is 2.44. The number of anilines is 1. The fourth-order valence-electron chi connectivity index (χ4n) is 3.23. The molecule has 94 valence electrons. The number of para-hydroxylation sites is 1. The molecule has 1 aliphatic rings. The fraction of sp³-hybridized carbons (Fsp3) is 0.600. The van der Waals surface area contributed by atoms with Gasteiger partial charge in [-0.3, -0.25) is 0 Å². The SMILES string of the molecule is CC1CC(C)(C)C(CNc2ccccc2)C1N. The van der Waals surface area contributed by atoms with Gasteiger partial charge >= 0.3 is 0 Å². The lowest BCUT2D eigenvalue weighted by Gasteiger charge is -2.29. The molecule has 0 radical (unpaired) electrons. The zero-order valence-electron chi connectivity index (χ0n) is 11.1. The van der Waals surface area contributed by atoms with Crippen molar-refractivity contribution in [3.63, 3.8) is 0 Å². The van der Waals surface area contributed by atoms with Crippen molar-refractivity contribution in [2.24, 2.45) is 23.0 Å². The molecule has 1 aromatic rings. The molecule has 0 bridgehead atoms. The molecule has 1 fully saturated rings. The Labute approximate surface area is 105 Å². The standard InChI is InChI=1S/C15H24N2/c1-11-9-15(2,3)13(14(11)16)10-17-12-7-5-4-6-8-12/h4-8,11,13-14,17H,9-10,16H2,1-3H3. The molecule has 2 rings (SSSR count). The average molecular weight is 232 g/mol. The van der Waals surface area contributed by atoms with Gasteiger partial charge < -0.3 is 11.1 Å². The molecule has 2 heteroatoms. The highest BCUT2D eigenvalue weighted by molar-refractivity contribution is 5.42. The van der Waals surface area contributed by atoms with Gasteiger partial charge in [-0.25, -0.2) is 0 Å². The van der Waals surface area contributed by atoms with Gasteiger partial charge in [0.05, 0.1) is 0 Å². The quantitative estimate of drug-likeness (QED) is 0.840. The van der Waals surface area contributed by atoms with Crippen LogP contribution in [-0.2, 0) is 0 Å². The van der Waals surface area contributed by atoms with Crippen LogP contribution in [0.25, 0.3) is 0 Å². The van der Waals surface area contributed by atoms with E-state index in [1.807, 2.05) is 6.07 Å². The molecule has 2 nitrogen and oxygen atoms in total. The average Bonchev–Trinajstić information content (AvgIpc) is 2.48. The van der Waals surface area contributed by atoms with Crippen LogP contribution in [-0.4, -0.2) is 12.6 Å². The Balaban J connectivity index is 1.99. The Morgan fingerprint density at radius 2 is 1.94 bits per heavy atom. The fourth-order valence-corrected chi connectivity index (χ4v) is 3.23. The second-order valence-electron chi connectivity index (χ2n) is 6.10. The van der Waals surface area contributed by atoms with Crippen LogP contribution in [0.5, 0.6) is 0 Å². The summed E-state index contributed by atoms with van der Waals surface area (Å²) >= 11 is 0. The van der Waals surface area contributed by atoms with Gasteiger partial charge in [0.2, 0.25) is 0 Å². The summed E-state index contributed by atoms with van der Waals surface area (Å²) in [5.41, 5.74) is 7.86. The zero-order valence-corrected chi connectivity index (χ0v) is 11.1. The van der Waals surface area contributed by atoms with Crippen LogP contribution < -0.4 is 11.1 Å². The lowest BCUT2D eigenvalue weighted by Crippen LogP contribution is -2.38. The van der Waals surface area contributed by atoms with Crippen molar-refractivity contribution in [1.29, 1.82) is 0 Å². The maximum atomic E-state index is 6.32. The van der Waals surface area contributed by atoms with Crippen molar-refractivity contribution >= 4 is 5.69 Å². The van der Waals surface area contributed by atoms with Crippen molar-refractivity contribution in [2.45, 2.75) is 33.2 Å². The first-order chi connectivity index (χ1) is 8.00. The van der Waals surface area contributed by atoms with Crippen molar-refractivity contribution in [1.82, 2.24) is 0 Å². The van der Waals surface area contributed by atoms with Gasteiger partial charge in [-0.2, -0.15) is 0 Å². The van der Waals surface area contributed by atoms with Gasteiger partial charge in [-0.05, 0) is 35.8 Å². The first-order valence-electron chi connectivity index (χ1n) is 6.55. The van der Waals surface area contributed by atoms with E-state index < -0.39 is 0 Å². The second kappa shape index (κ2) is 4.69. The number of hydrogen-bond acceptors (Lipinski definition) is 2. The lowest BCUT2D eigenvalue weighted by atomic mass is 9.80. The summed E-state index contributed by atoms with van der Waals surface area (Å²) in [6.45, 7) is 7.93. The predicted octanol–water partition coefficient (Wildman–Crippen LogP) is 3.11. The van der Waals surface area contributed by atoms with E-state index in [-0.39, 0.29) is 0 Å². The van der Waals surface area contributed by atoms with E-state index in [1.165, 1.54) is 12.1 Å². The molecule has 0 amide bonds. The first kappa shape index (κ1) is 12.4. The molecule has 0 aliphatic heterocycles. The van der Waals surface area contributed by atoms with Crippen molar-refractivity contribution in [3.05, 3.63) is 30.3 Å². The van der Waals surface area contributed by atoms with E-state index in [2.05, 4.69) is 50.4 Å². The molecule has 0 aromatic heterocycles. The summed E-state index contributed by atoms with van der Waals surface area (Å²) in [6, 6.07) is 10.7. The topological polar surface area (TPSA) is 38.0 Å². The first-order valence-corrected chi connectivity index (χ1v) is 6.55. The van der Waals surface area contributed by atoms with Gasteiger partial charge in [0.1, 0.15) is 0 Å². The van der Waals surface area contributed by atoms with E-state index in [0.29, 0.717) is 23.3 Å². The largest absolute Gasteiger partial charge is 0.385 e. The Morgan fingerprint density at radius 1 is 1.29 bits per heavy atom. The second-order valence-corrected chi connectivity index (χ2v) is 6.10. The maximum Gasteiger partial charge on any atom is 0.0340 e. The summed E-state index contributed by atoms with van der Waals surface area (Å²) in [7, 11) is 0. The van der Waals surface area contributed by atoms with Crippen molar-refractivity contribution in [2.75, 3.05) is 11.9 Å². The van der Waals surface area contributed by atoms with Crippen LogP contribution in [0, 0.1) is 17.3 Å². The van der Waals surface area contributed by atoms with E-state index >= 15 is 0 Å². The Morgan fingerprint density at radius 3 is 2.47 bits per heavy atom. The summed E-state index contributed by atoms with van der Waals surface area (Å²) in [5, 5.41) is 3.51. The van der Waals surface area contributed by atoms with Gasteiger partial charge in [-0.15, -0.1) is 0 Å². The van der Waals surface area contributed by atoms with Gasteiger partial charge in [0.25, 0.3) is 0 Å². The third-order valence-corrected chi connectivity index (χ3v) is 4.27. The highest BCUT2D eigenvalue weighted by Crippen LogP contribution is 2.45. The predicted molar refractivity (Wildman–Crippen MR) is 74.0 cm³/mol. The van der Waals surface area contributed by atoms with E-state index in [9.17, 15) is 0 Å². The summed E-state index contributed by atoms with van der Waals surface area (Å²) in [5.74, 6) is 1.19. The number of rotatable bonds is 3. The third kappa shape index (κ3) is 2.63. The molecular formula is C15H24N2. The monoisotopic (exact) mass is 232 g/mol. The Bertz CT molecular complexity index is 358. The molecule has 1 aromatic carbocycles. The van der Waals surface area contributed by atoms with Crippen LogP contribution in [0.4, 0.5) is 5.69 Å². The molecule has 0 spiro atoms. The number of nitrogens with two attached hydrogens (primary N) is 1. The van der Waals surface area contributed by atoms with Gasteiger partial charge in [0.15, 0.2) is 0 Å². The van der Waals surface area contributed by atoms with Crippen molar-refractivity contribution < 1.29 is 0 Å². The van der Waals surface area contributed by atoms with Crippen molar-refractivity contribution in [3.8, 4) is 0 Å². The molecule has 3 N–H and O–H groups in total. The van der Waals surface area contributed by atoms with Crippen LogP contribution >= 0.6 is 0 Å². The third-order valence-electron chi connectivity index (χ3n) is 4.27. The minimum Gasteiger partial charge on any atom is -0.385 e. The lowest BCUT2D eigenvalue weighted by molar-refractivity contribution is 0.258. The van der Waals surface area contributed by atoms with Crippen LogP contribution in [0.1, 0.15) is 27.2 Å². The molecule has 0 heterocycles. The maximum absolute atomic E-state index is 6.32. The number of benzene rings is 1. The minimum atomic E-state index is 0.321. The van der Waals surface area contributed by atoms with E-state index in [4.69, 9.17) is 5.73 Å². The summed E-state index contributed by atoms with van der Waals surface area (Å²) in [4.78, 5) is 0. The zero-order chi connectivity index (χ0) is 12.5.